The number of sulfonamides is 1. The number of amidine groups is 1. The van der Waals surface area contributed by atoms with Crippen LogP contribution in [0.2, 0.25) is 0 Å². The second-order valence-electron chi connectivity index (χ2n) is 8.56. The molecule has 0 fully saturated rings. The number of hydrogen-bond acceptors (Lipinski definition) is 8. The van der Waals surface area contributed by atoms with E-state index in [1.54, 1.807) is 24.3 Å². The van der Waals surface area contributed by atoms with Gasteiger partial charge in [-0.2, -0.15) is 13.2 Å². The highest BCUT2D eigenvalue weighted by atomic mass is 32.2. The first kappa shape index (κ1) is 33.2. The van der Waals surface area contributed by atoms with Gasteiger partial charge in [0.15, 0.2) is 11.5 Å². The van der Waals surface area contributed by atoms with E-state index >= 15 is 0 Å². The van der Waals surface area contributed by atoms with Crippen molar-refractivity contribution in [3.63, 3.8) is 0 Å². The number of phenols is 1. The Morgan fingerprint density at radius 1 is 1.07 bits per heavy atom. The van der Waals surface area contributed by atoms with E-state index in [1.165, 1.54) is 19.2 Å². The number of rotatable bonds is 10. The number of ether oxygens (including phenoxy) is 1. The quantitative estimate of drug-likeness (QED) is 0.133. The van der Waals surface area contributed by atoms with Crippen molar-refractivity contribution >= 4 is 39.1 Å². The van der Waals surface area contributed by atoms with Gasteiger partial charge in [-0.25, -0.2) is 13.2 Å². The molecule has 0 bridgehead atoms. The molecule has 0 aliphatic carbocycles. The molecule has 0 saturated carbocycles. The number of alkyl halides is 3. The molecule has 0 aliphatic rings. The maximum Gasteiger partial charge on any atom is 0.490 e. The van der Waals surface area contributed by atoms with Gasteiger partial charge in [-0.05, 0) is 35.9 Å². The fourth-order valence-electron chi connectivity index (χ4n) is 3.36. The largest absolute Gasteiger partial charge is 0.504 e. The number of carboxylic acids is 1. The molecule has 0 aliphatic heterocycles. The number of nitrogen functional groups attached to an aromatic ring is 1. The molecule has 226 valence electrons. The average molecular weight is 612 g/mol. The van der Waals surface area contributed by atoms with Crippen LogP contribution in [-0.4, -0.2) is 55.9 Å². The number of amides is 1. The van der Waals surface area contributed by atoms with Gasteiger partial charge in [-0.15, -0.1) is 0 Å². The number of nitrogens with one attached hydrogen (secondary N) is 4. The van der Waals surface area contributed by atoms with E-state index in [1.807, 2.05) is 30.3 Å². The molecule has 0 radical (unpaired) electrons. The Kier molecular flexibility index (Phi) is 11.1. The molecule has 1 amide bonds. The number of hydrogen-bond donors (Lipinski definition) is 7. The number of halogens is 3. The van der Waals surface area contributed by atoms with E-state index in [0.29, 0.717) is 11.3 Å². The zero-order valence-corrected chi connectivity index (χ0v) is 23.0. The molecule has 3 aromatic rings. The van der Waals surface area contributed by atoms with Crippen LogP contribution in [0.15, 0.2) is 66.7 Å². The normalized spacial score (nSPS) is 11.7. The Labute approximate surface area is 238 Å². The average Bonchev–Trinajstić information content (AvgIpc) is 2.90. The summed E-state index contributed by atoms with van der Waals surface area (Å²) in [5, 5.41) is 30.9. The zero-order chi connectivity index (χ0) is 31.7. The second-order valence-corrected chi connectivity index (χ2v) is 10.3. The summed E-state index contributed by atoms with van der Waals surface area (Å²) in [6, 6.07) is 17.3. The minimum atomic E-state index is -5.08. The van der Waals surface area contributed by atoms with Gasteiger partial charge in [0.1, 0.15) is 11.9 Å². The number of methoxy groups -OCH3 is 1. The summed E-state index contributed by atoms with van der Waals surface area (Å²) in [5.41, 5.74) is 7.66. The molecule has 0 aromatic heterocycles. The molecule has 12 nitrogen and oxygen atoms in total. The molecule has 0 spiro atoms. The first-order valence-corrected chi connectivity index (χ1v) is 13.6. The van der Waals surface area contributed by atoms with Crippen LogP contribution in [0.1, 0.15) is 22.7 Å². The van der Waals surface area contributed by atoms with Crippen molar-refractivity contribution in [1.29, 1.82) is 5.41 Å². The molecule has 1 unspecified atom stereocenters. The Morgan fingerprint density at radius 2 is 1.64 bits per heavy atom. The van der Waals surface area contributed by atoms with Crippen LogP contribution >= 0.6 is 0 Å². The molecule has 42 heavy (non-hydrogen) atoms. The summed E-state index contributed by atoms with van der Waals surface area (Å²) in [4.78, 5) is 22.3. The Balaban J connectivity index is 0.000000782. The number of nitrogens with two attached hydrogens (primary N) is 1. The SMILES string of the molecule is COc1cc(C(Nc2ccc(C(=N)N)cc2)C(=O)NCc2ccccc2)c(NS(C)(=O)=O)cc1O.O=C(O)C(F)(F)F. The first-order chi connectivity index (χ1) is 19.5. The van der Waals surface area contributed by atoms with Crippen molar-refractivity contribution in [3.05, 3.63) is 83.4 Å². The molecule has 16 heteroatoms. The number of carbonyl (C=O) groups excluding carboxylic acids is 1. The predicted molar refractivity (Wildman–Crippen MR) is 149 cm³/mol. The maximum absolute atomic E-state index is 13.4. The molecule has 1 atom stereocenters. The van der Waals surface area contributed by atoms with Gasteiger partial charge in [0, 0.05) is 29.4 Å². The third-order valence-corrected chi connectivity index (χ3v) is 5.87. The van der Waals surface area contributed by atoms with Crippen LogP contribution < -0.4 is 25.8 Å². The van der Waals surface area contributed by atoms with E-state index in [9.17, 15) is 31.5 Å². The van der Waals surface area contributed by atoms with Crippen molar-refractivity contribution < 1.29 is 46.1 Å². The number of aliphatic carboxylic acids is 1. The summed E-state index contributed by atoms with van der Waals surface area (Å²) in [5.74, 6) is -3.54. The smallest absolute Gasteiger partial charge is 0.490 e. The van der Waals surface area contributed by atoms with Crippen molar-refractivity contribution in [2.45, 2.75) is 18.8 Å². The van der Waals surface area contributed by atoms with E-state index in [0.717, 1.165) is 11.8 Å². The summed E-state index contributed by atoms with van der Waals surface area (Å²) in [7, 11) is -2.39. The van der Waals surface area contributed by atoms with Crippen molar-refractivity contribution in [2.24, 2.45) is 5.73 Å². The van der Waals surface area contributed by atoms with Gasteiger partial charge in [-0.3, -0.25) is 14.9 Å². The molecule has 0 saturated heterocycles. The number of benzene rings is 3. The van der Waals surface area contributed by atoms with E-state index < -0.39 is 34.1 Å². The maximum atomic E-state index is 13.4. The molecule has 3 rings (SSSR count). The Bertz CT molecular complexity index is 1520. The summed E-state index contributed by atoms with van der Waals surface area (Å²) in [6.07, 6.45) is -4.11. The molecule has 0 heterocycles. The lowest BCUT2D eigenvalue weighted by molar-refractivity contribution is -0.192. The number of carboxylic acid groups (broad SMARTS) is 1. The highest BCUT2D eigenvalue weighted by Gasteiger charge is 2.38. The third kappa shape index (κ3) is 10.2. The molecular weight excluding hydrogens is 583 g/mol. The van der Waals surface area contributed by atoms with E-state index in [-0.39, 0.29) is 35.1 Å². The van der Waals surface area contributed by atoms with Crippen LogP contribution in [0.25, 0.3) is 0 Å². The monoisotopic (exact) mass is 611 g/mol. The van der Waals surface area contributed by atoms with Gasteiger partial charge in [0.25, 0.3) is 0 Å². The molecule has 8 N–H and O–H groups in total. The highest BCUT2D eigenvalue weighted by molar-refractivity contribution is 7.92. The lowest BCUT2D eigenvalue weighted by atomic mass is 10.0. The lowest BCUT2D eigenvalue weighted by Gasteiger charge is -2.24. The van der Waals surface area contributed by atoms with Crippen molar-refractivity contribution in [1.82, 2.24) is 5.32 Å². The highest BCUT2D eigenvalue weighted by Crippen LogP contribution is 2.37. The lowest BCUT2D eigenvalue weighted by Crippen LogP contribution is -2.34. The van der Waals surface area contributed by atoms with Gasteiger partial charge in [0.05, 0.1) is 19.1 Å². The standard InChI is InChI=1S/C24H27N5O5S.C2HF3O2/c1-34-21-12-18(19(13-20(21)30)29-35(2,32)33)22(24(31)27-14-15-6-4-3-5-7-15)28-17-10-8-16(9-11-17)23(25)26;3-2(4,5)1(6)7/h3-13,22,28-30H,14H2,1-2H3,(H3,25,26)(H,27,31);(H,6,7). The van der Waals surface area contributed by atoms with Gasteiger partial charge >= 0.3 is 12.1 Å². The number of carbonyl (C=O) groups is 2. The fourth-order valence-corrected chi connectivity index (χ4v) is 3.94. The third-order valence-electron chi connectivity index (χ3n) is 5.28. The second kappa shape index (κ2) is 14.1. The summed E-state index contributed by atoms with van der Waals surface area (Å²) in [6.45, 7) is 0.241. The number of anilines is 2. The molecular formula is C26H28F3N5O7S. The van der Waals surface area contributed by atoms with Crippen LogP contribution in [0.3, 0.4) is 0 Å². The van der Waals surface area contributed by atoms with Crippen molar-refractivity contribution in [2.75, 3.05) is 23.4 Å². The van der Waals surface area contributed by atoms with Crippen LogP contribution in [0.5, 0.6) is 11.5 Å². The van der Waals surface area contributed by atoms with E-state index in [4.69, 9.17) is 25.8 Å². The summed E-state index contributed by atoms with van der Waals surface area (Å²) < 4.78 is 63.3. The predicted octanol–water partition coefficient (Wildman–Crippen LogP) is 3.16. The summed E-state index contributed by atoms with van der Waals surface area (Å²) >= 11 is 0. The van der Waals surface area contributed by atoms with Crippen LogP contribution in [0, 0.1) is 5.41 Å². The van der Waals surface area contributed by atoms with Gasteiger partial charge in [-0.1, -0.05) is 30.3 Å². The van der Waals surface area contributed by atoms with E-state index in [2.05, 4.69) is 15.4 Å². The van der Waals surface area contributed by atoms with Crippen LogP contribution in [0.4, 0.5) is 24.5 Å². The Hall–Kier alpha value is -4.99. The van der Waals surface area contributed by atoms with Gasteiger partial charge < -0.3 is 31.3 Å². The van der Waals surface area contributed by atoms with Crippen molar-refractivity contribution in [3.8, 4) is 11.5 Å². The number of phenolic OH excluding ortho intramolecular Hbond substituents is 1. The zero-order valence-electron chi connectivity index (χ0n) is 22.2. The fraction of sp³-hybridized carbons (Fsp3) is 0.192. The Morgan fingerprint density at radius 3 is 2.12 bits per heavy atom. The minimum absolute atomic E-state index is 0.0125. The first-order valence-electron chi connectivity index (χ1n) is 11.7. The van der Waals surface area contributed by atoms with Crippen LogP contribution in [-0.2, 0) is 26.2 Å². The van der Waals surface area contributed by atoms with Gasteiger partial charge in [0.2, 0.25) is 15.9 Å². The topological polar surface area (TPSA) is 204 Å². The molecule has 3 aromatic carbocycles. The number of aromatic hydroxyl groups is 1. The minimum Gasteiger partial charge on any atom is -0.504 e.